The Morgan fingerprint density at radius 1 is 0.500 bits per heavy atom. The lowest BCUT2D eigenvalue weighted by Gasteiger charge is -2.34. The molecule has 0 saturated carbocycles. The number of aliphatic carboxylic acids is 1. The second-order valence-corrected chi connectivity index (χ2v) is 31.0. The van der Waals surface area contributed by atoms with Crippen molar-refractivity contribution in [1.29, 1.82) is 0 Å². The van der Waals surface area contributed by atoms with Crippen molar-refractivity contribution in [3.63, 3.8) is 0 Å². The van der Waals surface area contributed by atoms with E-state index in [1.165, 1.54) is 76.5 Å². The van der Waals surface area contributed by atoms with Crippen LogP contribution in [0.1, 0.15) is 180 Å². The lowest BCUT2D eigenvalue weighted by atomic mass is 9.99. The molecule has 0 aliphatic rings. The number of carboxylic acid groups (broad SMARTS) is 1. The maximum absolute atomic E-state index is 15.0. The van der Waals surface area contributed by atoms with Gasteiger partial charge in [0.15, 0.2) is 18.3 Å². The van der Waals surface area contributed by atoms with Crippen molar-refractivity contribution >= 4 is 75.2 Å². The van der Waals surface area contributed by atoms with E-state index in [0.717, 1.165) is 68.8 Å². The number of halogens is 8. The number of carbonyl (C=O) groups is 10. The zero-order chi connectivity index (χ0) is 91.6. The van der Waals surface area contributed by atoms with Crippen molar-refractivity contribution in [2.24, 2.45) is 11.8 Å². The van der Waals surface area contributed by atoms with Gasteiger partial charge in [-0.3, -0.25) is 24.0 Å². The molecule has 0 aromatic heterocycles. The molecule has 0 bridgehead atoms. The molecule has 0 fully saturated rings. The van der Waals surface area contributed by atoms with E-state index in [1.54, 1.807) is 107 Å². The normalized spacial score (nSPS) is 13.6. The van der Waals surface area contributed by atoms with Crippen LogP contribution in [0.3, 0.4) is 0 Å². The number of nitrogens with zero attached hydrogens (tertiary/aromatic N) is 3. The van der Waals surface area contributed by atoms with E-state index in [4.69, 9.17) is 40.6 Å². The number of carbonyl (C=O) groups excluding carboxylic acids is 9. The van der Waals surface area contributed by atoms with Gasteiger partial charge in [0, 0.05) is 48.2 Å². The summed E-state index contributed by atoms with van der Waals surface area (Å²) in [6.07, 6.45) is -12.5. The lowest BCUT2D eigenvalue weighted by molar-refractivity contribution is -0.174. The topological polar surface area (TPSA) is 304 Å². The highest BCUT2D eigenvalue weighted by atomic mass is 31.1. The molecule has 647 valence electrons. The Morgan fingerprint density at radius 2 is 0.819 bits per heavy atom. The number of terminal acetylenes is 1. The van der Waals surface area contributed by atoms with Crippen LogP contribution in [0.2, 0.25) is 6.82 Å². The molecule has 4 aromatic carbocycles. The molecular weight excluding hydrogens is 1550 g/mol. The molecule has 1 radical (unpaired) electrons. The van der Waals surface area contributed by atoms with Crippen LogP contribution in [0.25, 0.3) is 0 Å². The number of nitrogens with one attached hydrogen (secondary N) is 1. The smallest absolute Gasteiger partial charge is 0.416 e. The van der Waals surface area contributed by atoms with Gasteiger partial charge in [0.25, 0.3) is 5.91 Å². The number of carboxylic acids is 1. The van der Waals surface area contributed by atoms with Crippen LogP contribution in [0, 0.1) is 24.7 Å². The first-order chi connectivity index (χ1) is 54.3. The highest BCUT2D eigenvalue weighted by Gasteiger charge is 2.43. The fourth-order valence-corrected chi connectivity index (χ4v) is 9.82. The Kier molecular flexibility index (Phi) is 45.6. The number of alkyl halides is 8. The monoisotopic (exact) mass is 1670 g/mol. The summed E-state index contributed by atoms with van der Waals surface area (Å²) >= 11 is 0. The Hall–Kier alpha value is -9.70. The molecule has 4 rings (SSSR count). The molecule has 8 atom stereocenters. The number of hydrogen-bond donors (Lipinski definition) is 2. The zero-order valence-corrected chi connectivity index (χ0v) is 70.9. The molecule has 0 aliphatic carbocycles. The van der Waals surface area contributed by atoms with Crippen molar-refractivity contribution in [1.82, 2.24) is 20.0 Å². The van der Waals surface area contributed by atoms with Gasteiger partial charge < -0.3 is 53.2 Å². The fourth-order valence-electron chi connectivity index (χ4n) is 9.82. The summed E-state index contributed by atoms with van der Waals surface area (Å²) in [5.41, 5.74) is -5.78. The predicted molar refractivity (Wildman–Crippen MR) is 421 cm³/mol. The van der Waals surface area contributed by atoms with Crippen LogP contribution in [0.4, 0.5) is 44.7 Å². The molecular formula is C82H115BF8N4O20P. The summed E-state index contributed by atoms with van der Waals surface area (Å²) in [6, 6.07) is 20.8. The molecule has 4 aromatic rings. The van der Waals surface area contributed by atoms with Crippen molar-refractivity contribution in [3.05, 3.63) is 143 Å². The molecule has 0 saturated heterocycles. The van der Waals surface area contributed by atoms with E-state index in [-0.39, 0.29) is 45.0 Å². The van der Waals surface area contributed by atoms with Crippen molar-refractivity contribution < 1.29 is 133 Å². The fraction of sp³-hybridized carbons (Fsp3) is 0.561. The number of benzene rings is 4. The Morgan fingerprint density at radius 3 is 1.11 bits per heavy atom. The van der Waals surface area contributed by atoms with E-state index >= 15 is 4.39 Å². The largest absolute Gasteiger partial charge is 0.478 e. The second kappa shape index (κ2) is 50.7. The van der Waals surface area contributed by atoms with Gasteiger partial charge in [-0.25, -0.2) is 47.1 Å². The predicted octanol–water partition coefficient (Wildman–Crippen LogP) is 15.8. The first kappa shape index (κ1) is 104. The van der Waals surface area contributed by atoms with Crippen LogP contribution < -0.4 is 5.32 Å². The third-order valence-corrected chi connectivity index (χ3v) is 15.8. The van der Waals surface area contributed by atoms with Crippen LogP contribution in [-0.2, 0) is 119 Å². The van der Waals surface area contributed by atoms with Crippen LogP contribution >= 0.6 is 8.34 Å². The Labute approximate surface area is 681 Å². The van der Waals surface area contributed by atoms with Crippen molar-refractivity contribution in [3.8, 4) is 12.8 Å². The first-order valence-electron chi connectivity index (χ1n) is 37.8. The average Bonchev–Trinajstić information content (AvgIpc) is 0.814. The third kappa shape index (κ3) is 43.9. The third-order valence-electron chi connectivity index (χ3n) is 15.6. The summed E-state index contributed by atoms with van der Waals surface area (Å²) in [4.78, 5) is 131. The molecule has 0 aliphatic heterocycles. The van der Waals surface area contributed by atoms with E-state index < -0.39 is 180 Å². The standard InChI is InChI=1S/C39H52F4N2O9.C22H29F4NO6.C17H25NO4.C2H2.CH3BOP.CH4/c1-24(2)20-29(34(48)52-25(3)33(47)51-23-27-14-12-11-13-15-27)44(9)32(46)31(21-26-16-18-28(19-17-26)39(41,42)43)53-35(49)30(22-38(7,8)40)45(10)36(50)54-37(4,5)6;1-20(2,3)33-19(31)27(6)15(12-21(4,5)23)18(30)32-16(17(28)29)11-13-7-9-14(10-8-13)22(24,25)26;1-12(2)10-15(18-4)17(20)22-13(3)16(19)21-11-14-8-6-5-7-9-14;1-2;1-2-4-3;/h11-19,24-25,29-31H,20-23H2,1-10H3;7-10,15-16H,11-12H2,1-6H3,(H,28,29);5-9,12-13,15,18H,10-11H2,1-4H3;1-2H;1H3;1H4/t25-,29+,30+,31-;15-,16+;13-,15+;;;/m101.../s1/i;;;1D;;1D. The van der Waals surface area contributed by atoms with Gasteiger partial charge in [0.1, 0.15) is 61.3 Å². The minimum Gasteiger partial charge on any atom is -0.478 e. The van der Waals surface area contributed by atoms with Gasteiger partial charge in [-0.05, 0) is 161 Å². The van der Waals surface area contributed by atoms with Gasteiger partial charge in [0.05, 0.1) is 19.5 Å². The highest BCUT2D eigenvalue weighted by Crippen LogP contribution is 2.32. The second-order valence-electron chi connectivity index (χ2n) is 30.3. The van der Waals surface area contributed by atoms with Crippen molar-refractivity contribution in [2.45, 2.75) is 260 Å². The molecule has 116 heavy (non-hydrogen) atoms. The summed E-state index contributed by atoms with van der Waals surface area (Å²) < 4.78 is 170. The van der Waals surface area contributed by atoms with Gasteiger partial charge in [-0.2, -0.15) is 26.3 Å². The van der Waals surface area contributed by atoms with Gasteiger partial charge in [-0.15, -0.1) is 12.8 Å². The molecule has 0 spiro atoms. The maximum Gasteiger partial charge on any atom is 0.416 e. The van der Waals surface area contributed by atoms with Crippen molar-refractivity contribution in [2.75, 3.05) is 28.2 Å². The van der Waals surface area contributed by atoms with E-state index in [2.05, 4.69) is 11.7 Å². The number of esters is 6. The quantitative estimate of drug-likeness (QED) is 0.0112. The Balaban J connectivity index is 0. The van der Waals surface area contributed by atoms with E-state index in [0.29, 0.717) is 17.9 Å². The number of likely N-dealkylation sites (N-methyl/N-ethyl adjacent to an activating group) is 4. The number of ether oxygens (including phenoxy) is 8. The maximum atomic E-state index is 15.0. The van der Waals surface area contributed by atoms with E-state index in [1.807, 2.05) is 44.2 Å². The Bertz CT molecular complexity index is 3790. The van der Waals surface area contributed by atoms with Crippen LogP contribution in [-0.4, -0.2) is 186 Å². The van der Waals surface area contributed by atoms with Gasteiger partial charge in [0.2, 0.25) is 13.1 Å². The SMILES string of the molecule is CC(C)C[C@@H](C(=O)O[C@H](C)C(=O)OCc1ccccc1)N(C)C(=O)[C@@H](Cc1ccc(C(F)(F)F)cc1)OC(=O)[C@H](CC(C)(C)F)N(C)C(=O)OC(C)(C)C.CN(C(=O)OC(C)(C)C)[C@@H](CC(C)(C)F)C(=O)O[C@H](Cc1ccc(C(F)(F)F)cc1)C(=O)O.CN[C@@H](CC(C)C)C(=O)O[C@H](C)C(=O)OCc1ccccc1.C[B]P=O.[2H]C.[2H]C#C. The molecule has 0 heterocycles. The zero-order valence-electron chi connectivity index (χ0n) is 72.0. The molecule has 0 unspecified atom stereocenters. The number of hydrogen-bond acceptors (Lipinski definition) is 20. The molecule has 3 amide bonds. The minimum atomic E-state index is -4.64. The highest BCUT2D eigenvalue weighted by molar-refractivity contribution is 7.60. The van der Waals surface area contributed by atoms with Gasteiger partial charge in [-0.1, -0.05) is 127 Å². The molecule has 34 heteroatoms. The molecule has 24 nitrogen and oxygen atoms in total. The summed E-state index contributed by atoms with van der Waals surface area (Å²) in [6.45, 7) is 28.0. The molecule has 2 N–H and O–H groups in total. The van der Waals surface area contributed by atoms with Gasteiger partial charge >= 0.3 is 66.3 Å². The first-order valence-corrected chi connectivity index (χ1v) is 37.2. The van der Waals surface area contributed by atoms with E-state index in [9.17, 15) is 88.3 Å². The summed E-state index contributed by atoms with van der Waals surface area (Å²) in [7, 11) is 6.71. The summed E-state index contributed by atoms with van der Waals surface area (Å²) in [5, 5.41) is 12.4. The van der Waals surface area contributed by atoms with Crippen LogP contribution in [0.15, 0.2) is 109 Å². The average molecular weight is 1670 g/mol. The number of amides is 3. The number of rotatable bonds is 33. The van der Waals surface area contributed by atoms with Crippen LogP contribution in [0.5, 0.6) is 0 Å². The summed E-state index contributed by atoms with van der Waals surface area (Å²) in [5.74, 6) is -7.53. The lowest BCUT2D eigenvalue weighted by Crippen LogP contribution is -2.52. The minimum absolute atomic E-state index is 0.0356.